The minimum absolute atomic E-state index is 0.0271. The predicted molar refractivity (Wildman–Crippen MR) is 73.0 cm³/mol. The minimum Gasteiger partial charge on any atom is -0.355 e. The van der Waals surface area contributed by atoms with Crippen LogP contribution in [0, 0.1) is 21.9 Å². The van der Waals surface area contributed by atoms with E-state index in [0.717, 1.165) is 11.3 Å². The number of hydrogen-bond acceptors (Lipinski definition) is 5. The van der Waals surface area contributed by atoms with E-state index in [1.165, 1.54) is 12.1 Å². The van der Waals surface area contributed by atoms with Gasteiger partial charge in [0.25, 0.3) is 5.69 Å². The van der Waals surface area contributed by atoms with Crippen LogP contribution in [0.25, 0.3) is 0 Å². The van der Waals surface area contributed by atoms with Crippen molar-refractivity contribution < 1.29 is 4.92 Å². The summed E-state index contributed by atoms with van der Waals surface area (Å²) in [5.74, 6) is 0. The van der Waals surface area contributed by atoms with Crippen molar-refractivity contribution in [3.63, 3.8) is 0 Å². The molecule has 0 saturated carbocycles. The maximum atomic E-state index is 10.7. The van der Waals surface area contributed by atoms with Gasteiger partial charge in [-0.3, -0.25) is 10.1 Å². The van der Waals surface area contributed by atoms with Crippen LogP contribution in [0.1, 0.15) is 5.56 Å². The molecule has 0 aromatic heterocycles. The van der Waals surface area contributed by atoms with Crippen LogP contribution in [0.3, 0.4) is 0 Å². The molecule has 0 unspecified atom stereocenters. The average molecular weight is 257 g/mol. The molecule has 0 radical (unpaired) electrons. The van der Waals surface area contributed by atoms with E-state index in [-0.39, 0.29) is 5.69 Å². The van der Waals surface area contributed by atoms with E-state index >= 15 is 0 Å². The fourth-order valence-electron chi connectivity index (χ4n) is 1.62. The first-order valence-electron chi connectivity index (χ1n) is 5.55. The third-order valence-corrected chi connectivity index (χ3v) is 2.68. The zero-order valence-electron chi connectivity index (χ0n) is 10.2. The summed E-state index contributed by atoms with van der Waals surface area (Å²) in [4.78, 5) is 20.6. The first kappa shape index (κ1) is 12.7. The number of rotatable bonds is 4. The van der Waals surface area contributed by atoms with E-state index < -0.39 is 4.92 Å². The second kappa shape index (κ2) is 5.26. The topological polar surface area (TPSA) is 84.6 Å². The molecular weight excluding hydrogens is 246 g/mol. The SMILES string of the molecule is Cc1ccc([N+](=O)[O-])cc1Nc1ccc(N=O)cc1. The second-order valence-corrected chi connectivity index (χ2v) is 4.02. The van der Waals surface area contributed by atoms with E-state index in [0.29, 0.717) is 11.4 Å². The highest BCUT2D eigenvalue weighted by molar-refractivity contribution is 5.66. The molecule has 0 heterocycles. The summed E-state index contributed by atoms with van der Waals surface area (Å²) in [6.45, 7) is 1.85. The van der Waals surface area contributed by atoms with Gasteiger partial charge in [-0.1, -0.05) is 6.07 Å². The predicted octanol–water partition coefficient (Wildman–Crippen LogP) is 4.04. The lowest BCUT2D eigenvalue weighted by Crippen LogP contribution is -1.95. The Labute approximate surface area is 109 Å². The highest BCUT2D eigenvalue weighted by atomic mass is 16.6. The van der Waals surface area contributed by atoms with Crippen LogP contribution in [0.4, 0.5) is 22.7 Å². The Morgan fingerprint density at radius 2 is 1.84 bits per heavy atom. The summed E-state index contributed by atoms with van der Waals surface area (Å²) in [7, 11) is 0. The normalized spacial score (nSPS) is 9.95. The van der Waals surface area contributed by atoms with Gasteiger partial charge in [0.2, 0.25) is 0 Å². The Morgan fingerprint density at radius 1 is 1.16 bits per heavy atom. The number of nitroso groups, excluding NO2 is 1. The maximum absolute atomic E-state index is 10.7. The van der Waals surface area contributed by atoms with E-state index in [2.05, 4.69) is 10.5 Å². The van der Waals surface area contributed by atoms with Crippen LogP contribution < -0.4 is 5.32 Å². The second-order valence-electron chi connectivity index (χ2n) is 4.02. The van der Waals surface area contributed by atoms with E-state index in [1.807, 2.05) is 6.92 Å². The van der Waals surface area contributed by atoms with Gasteiger partial charge in [-0.2, -0.15) is 0 Å². The molecule has 0 bridgehead atoms. The van der Waals surface area contributed by atoms with Gasteiger partial charge in [0.05, 0.1) is 4.92 Å². The van der Waals surface area contributed by atoms with Crippen molar-refractivity contribution in [1.29, 1.82) is 0 Å². The molecule has 0 atom stereocenters. The first-order valence-corrected chi connectivity index (χ1v) is 5.55. The Balaban J connectivity index is 2.28. The molecule has 0 aliphatic rings. The fraction of sp³-hybridized carbons (Fsp3) is 0.0769. The van der Waals surface area contributed by atoms with Crippen LogP contribution in [-0.4, -0.2) is 4.92 Å². The highest BCUT2D eigenvalue weighted by Gasteiger charge is 2.08. The Morgan fingerprint density at radius 3 is 2.42 bits per heavy atom. The highest BCUT2D eigenvalue weighted by Crippen LogP contribution is 2.26. The molecule has 19 heavy (non-hydrogen) atoms. The number of aryl methyl sites for hydroxylation is 1. The zero-order valence-corrected chi connectivity index (χ0v) is 10.2. The third-order valence-electron chi connectivity index (χ3n) is 2.68. The molecule has 6 heteroatoms. The minimum atomic E-state index is -0.440. The molecule has 1 N–H and O–H groups in total. The summed E-state index contributed by atoms with van der Waals surface area (Å²) >= 11 is 0. The van der Waals surface area contributed by atoms with Crippen molar-refractivity contribution in [2.24, 2.45) is 5.18 Å². The Kier molecular flexibility index (Phi) is 3.51. The smallest absolute Gasteiger partial charge is 0.271 e. The van der Waals surface area contributed by atoms with Crippen LogP contribution in [-0.2, 0) is 0 Å². The van der Waals surface area contributed by atoms with Crippen molar-refractivity contribution in [1.82, 2.24) is 0 Å². The molecule has 6 nitrogen and oxygen atoms in total. The lowest BCUT2D eigenvalue weighted by Gasteiger charge is -2.09. The molecule has 0 fully saturated rings. The number of hydrogen-bond donors (Lipinski definition) is 1. The quantitative estimate of drug-likeness (QED) is 0.508. The lowest BCUT2D eigenvalue weighted by molar-refractivity contribution is -0.384. The molecule has 0 saturated heterocycles. The molecule has 96 valence electrons. The van der Waals surface area contributed by atoms with Crippen molar-refractivity contribution in [3.05, 3.63) is 63.0 Å². The van der Waals surface area contributed by atoms with Crippen LogP contribution in [0.2, 0.25) is 0 Å². The number of anilines is 2. The molecule has 2 aromatic rings. The third kappa shape index (κ3) is 2.92. The zero-order chi connectivity index (χ0) is 13.8. The first-order chi connectivity index (χ1) is 9.10. The molecule has 2 rings (SSSR count). The largest absolute Gasteiger partial charge is 0.355 e. The standard InChI is InChI=1S/C13H11N3O3/c1-9-2-7-12(16(18)19)8-13(9)14-10-3-5-11(15-17)6-4-10/h2-8,14H,1H3. The fourth-order valence-corrected chi connectivity index (χ4v) is 1.62. The van der Waals surface area contributed by atoms with Gasteiger partial charge in [-0.05, 0) is 41.9 Å². The van der Waals surface area contributed by atoms with Crippen molar-refractivity contribution in [2.45, 2.75) is 6.92 Å². The summed E-state index contributed by atoms with van der Waals surface area (Å²) in [6.07, 6.45) is 0. The number of benzene rings is 2. The van der Waals surface area contributed by atoms with Gasteiger partial charge in [0.15, 0.2) is 0 Å². The number of nitrogens with one attached hydrogen (secondary N) is 1. The van der Waals surface area contributed by atoms with Gasteiger partial charge in [-0.25, -0.2) is 0 Å². The van der Waals surface area contributed by atoms with Crippen molar-refractivity contribution in [3.8, 4) is 0 Å². The summed E-state index contributed by atoms with van der Waals surface area (Å²) < 4.78 is 0. The van der Waals surface area contributed by atoms with Crippen LogP contribution >= 0.6 is 0 Å². The summed E-state index contributed by atoms with van der Waals surface area (Å²) in [6, 6.07) is 11.1. The number of non-ortho nitro benzene ring substituents is 1. The van der Waals surface area contributed by atoms with Gasteiger partial charge in [0.1, 0.15) is 5.69 Å². The monoisotopic (exact) mass is 257 g/mol. The lowest BCUT2D eigenvalue weighted by atomic mass is 10.1. The van der Waals surface area contributed by atoms with Crippen LogP contribution in [0.15, 0.2) is 47.6 Å². The number of nitrogens with zero attached hydrogens (tertiary/aromatic N) is 2. The number of nitro groups is 1. The van der Waals surface area contributed by atoms with Gasteiger partial charge in [0, 0.05) is 23.5 Å². The van der Waals surface area contributed by atoms with Gasteiger partial charge < -0.3 is 5.32 Å². The number of nitro benzene ring substituents is 1. The Hall–Kier alpha value is -2.76. The Bertz CT molecular complexity index is 624. The van der Waals surface area contributed by atoms with E-state index in [4.69, 9.17) is 0 Å². The summed E-state index contributed by atoms with van der Waals surface area (Å²) in [5.41, 5.74) is 2.64. The van der Waals surface area contributed by atoms with Crippen molar-refractivity contribution >= 4 is 22.7 Å². The van der Waals surface area contributed by atoms with Crippen LogP contribution in [0.5, 0.6) is 0 Å². The van der Waals surface area contributed by atoms with Gasteiger partial charge >= 0.3 is 0 Å². The molecule has 0 spiro atoms. The molecule has 0 aliphatic carbocycles. The van der Waals surface area contributed by atoms with Crippen molar-refractivity contribution in [2.75, 3.05) is 5.32 Å². The molecule has 0 amide bonds. The molecule has 2 aromatic carbocycles. The molecular formula is C13H11N3O3. The van der Waals surface area contributed by atoms with E-state index in [9.17, 15) is 15.0 Å². The maximum Gasteiger partial charge on any atom is 0.271 e. The average Bonchev–Trinajstić information content (AvgIpc) is 2.42. The van der Waals surface area contributed by atoms with E-state index in [1.54, 1.807) is 30.3 Å². The van der Waals surface area contributed by atoms with Gasteiger partial charge in [-0.15, -0.1) is 4.91 Å². The molecule has 0 aliphatic heterocycles. The summed E-state index contributed by atoms with van der Waals surface area (Å²) in [5, 5.41) is 16.6.